The van der Waals surface area contributed by atoms with E-state index in [1.165, 1.54) is 12.8 Å². The van der Waals surface area contributed by atoms with Crippen LogP contribution in [0.3, 0.4) is 0 Å². The summed E-state index contributed by atoms with van der Waals surface area (Å²) in [6, 6.07) is 0.807. The summed E-state index contributed by atoms with van der Waals surface area (Å²) >= 11 is 0. The maximum absolute atomic E-state index is 5.66. The predicted molar refractivity (Wildman–Crippen MR) is 83.1 cm³/mol. The third-order valence-electron chi connectivity index (χ3n) is 3.61. The Morgan fingerprint density at radius 3 is 2.81 bits per heavy atom. The maximum Gasteiger partial charge on any atom is 0.0965 e. The topological polar surface area (TPSA) is 55.2 Å². The number of nitrogens with zero attached hydrogens (tertiary/aromatic N) is 4. The second-order valence-corrected chi connectivity index (χ2v) is 6.90. The van der Waals surface area contributed by atoms with E-state index in [0.29, 0.717) is 6.61 Å². The number of aromatic nitrogens is 3. The van der Waals surface area contributed by atoms with Crippen molar-refractivity contribution in [1.29, 1.82) is 0 Å². The van der Waals surface area contributed by atoms with Gasteiger partial charge in [0, 0.05) is 30.9 Å². The van der Waals surface area contributed by atoms with Gasteiger partial charge in [0.1, 0.15) is 0 Å². The van der Waals surface area contributed by atoms with Crippen molar-refractivity contribution in [3.8, 4) is 0 Å². The van der Waals surface area contributed by atoms with E-state index in [-0.39, 0.29) is 5.54 Å². The van der Waals surface area contributed by atoms with Crippen LogP contribution in [0.2, 0.25) is 0 Å². The van der Waals surface area contributed by atoms with E-state index >= 15 is 0 Å². The molecule has 1 fully saturated rings. The minimum atomic E-state index is 0.0977. The summed E-state index contributed by atoms with van der Waals surface area (Å²) in [6.45, 7) is 10.4. The van der Waals surface area contributed by atoms with Gasteiger partial charge in [-0.1, -0.05) is 5.21 Å². The molecular formula is C15H29N5O. The molecule has 0 atom stereocenters. The molecule has 0 aromatic carbocycles. The van der Waals surface area contributed by atoms with Crippen LogP contribution in [0, 0.1) is 0 Å². The third kappa shape index (κ3) is 6.54. The number of nitrogens with one attached hydrogen (secondary N) is 1. The zero-order valence-electron chi connectivity index (χ0n) is 13.8. The average molecular weight is 295 g/mol. The van der Waals surface area contributed by atoms with E-state index in [2.05, 4.69) is 48.3 Å². The Morgan fingerprint density at radius 2 is 2.14 bits per heavy atom. The van der Waals surface area contributed by atoms with Crippen molar-refractivity contribution in [3.05, 3.63) is 11.9 Å². The van der Waals surface area contributed by atoms with Crippen LogP contribution in [0.15, 0.2) is 6.20 Å². The second kappa shape index (κ2) is 7.33. The number of ether oxygens (including phenoxy) is 1. The van der Waals surface area contributed by atoms with Crippen LogP contribution in [-0.2, 0) is 17.8 Å². The summed E-state index contributed by atoms with van der Waals surface area (Å²) in [5.74, 6) is 0. The number of hydrogen-bond acceptors (Lipinski definition) is 5. The zero-order valence-corrected chi connectivity index (χ0v) is 13.8. The Hall–Kier alpha value is -0.980. The van der Waals surface area contributed by atoms with Crippen molar-refractivity contribution in [3.63, 3.8) is 0 Å². The molecule has 2 rings (SSSR count). The van der Waals surface area contributed by atoms with E-state index in [0.717, 1.165) is 38.0 Å². The summed E-state index contributed by atoms with van der Waals surface area (Å²) in [5.41, 5.74) is 1.07. The lowest BCUT2D eigenvalue weighted by Crippen LogP contribution is -2.35. The summed E-state index contributed by atoms with van der Waals surface area (Å²) in [5, 5.41) is 11.7. The van der Waals surface area contributed by atoms with Gasteiger partial charge in [-0.2, -0.15) is 0 Å². The third-order valence-corrected chi connectivity index (χ3v) is 3.61. The minimum Gasteiger partial charge on any atom is -0.378 e. The van der Waals surface area contributed by atoms with Gasteiger partial charge >= 0.3 is 0 Å². The van der Waals surface area contributed by atoms with E-state index in [1.807, 2.05) is 10.9 Å². The molecule has 0 aliphatic heterocycles. The Morgan fingerprint density at radius 1 is 1.38 bits per heavy atom. The maximum atomic E-state index is 5.66. The van der Waals surface area contributed by atoms with Gasteiger partial charge in [-0.05, 0) is 40.7 Å². The Kier molecular flexibility index (Phi) is 5.72. The van der Waals surface area contributed by atoms with E-state index < -0.39 is 0 Å². The van der Waals surface area contributed by atoms with Gasteiger partial charge in [-0.3, -0.25) is 0 Å². The molecule has 0 radical (unpaired) electrons. The molecule has 0 unspecified atom stereocenters. The van der Waals surface area contributed by atoms with Crippen LogP contribution in [-0.4, -0.2) is 58.3 Å². The Labute approximate surface area is 127 Å². The van der Waals surface area contributed by atoms with Crippen LogP contribution < -0.4 is 5.32 Å². The van der Waals surface area contributed by atoms with Crippen molar-refractivity contribution in [2.24, 2.45) is 0 Å². The van der Waals surface area contributed by atoms with Gasteiger partial charge in [0.05, 0.1) is 25.5 Å². The van der Waals surface area contributed by atoms with Gasteiger partial charge in [-0.15, -0.1) is 5.10 Å². The van der Waals surface area contributed by atoms with Crippen LogP contribution in [0.1, 0.15) is 39.3 Å². The molecule has 21 heavy (non-hydrogen) atoms. The fourth-order valence-corrected chi connectivity index (χ4v) is 2.05. The lowest BCUT2D eigenvalue weighted by Gasteiger charge is -2.19. The van der Waals surface area contributed by atoms with Crippen molar-refractivity contribution < 1.29 is 4.74 Å². The molecule has 1 aliphatic rings. The van der Waals surface area contributed by atoms with E-state index in [1.54, 1.807) is 0 Å². The first-order chi connectivity index (χ1) is 9.94. The first kappa shape index (κ1) is 16.4. The van der Waals surface area contributed by atoms with Crippen LogP contribution in [0.4, 0.5) is 0 Å². The molecule has 0 bridgehead atoms. The highest BCUT2D eigenvalue weighted by molar-refractivity contribution is 4.93. The van der Waals surface area contributed by atoms with Crippen molar-refractivity contribution in [1.82, 2.24) is 25.2 Å². The standard InChI is InChI=1S/C15H29N5O/c1-15(2,3)16-11-13-12-20(18-17-13)8-10-21-9-7-19(4)14-5-6-14/h12,14,16H,5-11H2,1-4H3. The lowest BCUT2D eigenvalue weighted by atomic mass is 10.1. The van der Waals surface area contributed by atoms with Crippen molar-refractivity contribution >= 4 is 0 Å². The molecule has 120 valence electrons. The number of likely N-dealkylation sites (N-methyl/N-ethyl adjacent to an activating group) is 1. The van der Waals surface area contributed by atoms with Crippen LogP contribution in [0.25, 0.3) is 0 Å². The average Bonchev–Trinajstić information content (AvgIpc) is 3.16. The van der Waals surface area contributed by atoms with E-state index in [9.17, 15) is 0 Å². The molecule has 1 saturated carbocycles. The predicted octanol–water partition coefficient (Wildman–Crippen LogP) is 1.28. The van der Waals surface area contributed by atoms with E-state index in [4.69, 9.17) is 4.74 Å². The normalized spacial score (nSPS) is 15.9. The minimum absolute atomic E-state index is 0.0977. The summed E-state index contributed by atoms with van der Waals surface area (Å²) in [4.78, 5) is 2.38. The van der Waals surface area contributed by atoms with Gasteiger partial charge in [-0.25, -0.2) is 4.68 Å². The number of hydrogen-bond donors (Lipinski definition) is 1. The fraction of sp³-hybridized carbons (Fsp3) is 0.867. The molecule has 0 saturated heterocycles. The summed E-state index contributed by atoms with van der Waals surface area (Å²) in [6.07, 6.45) is 4.68. The molecule has 1 aromatic rings. The van der Waals surface area contributed by atoms with Crippen LogP contribution in [0.5, 0.6) is 0 Å². The quantitative estimate of drug-likeness (QED) is 0.696. The van der Waals surface area contributed by atoms with Gasteiger partial charge in [0.15, 0.2) is 0 Å². The summed E-state index contributed by atoms with van der Waals surface area (Å²) < 4.78 is 7.52. The molecule has 1 N–H and O–H groups in total. The Bertz CT molecular complexity index is 422. The smallest absolute Gasteiger partial charge is 0.0965 e. The monoisotopic (exact) mass is 295 g/mol. The molecule has 1 aliphatic carbocycles. The molecule has 0 spiro atoms. The highest BCUT2D eigenvalue weighted by atomic mass is 16.5. The van der Waals surface area contributed by atoms with Crippen LogP contribution >= 0.6 is 0 Å². The SMILES string of the molecule is CN(CCOCCn1cc(CNC(C)(C)C)nn1)C1CC1. The molecule has 6 heteroatoms. The van der Waals surface area contributed by atoms with Gasteiger partial charge in [0.25, 0.3) is 0 Å². The second-order valence-electron chi connectivity index (χ2n) is 6.90. The van der Waals surface area contributed by atoms with Gasteiger partial charge < -0.3 is 15.0 Å². The van der Waals surface area contributed by atoms with Crippen molar-refractivity contribution in [2.45, 2.75) is 58.3 Å². The first-order valence-corrected chi connectivity index (χ1v) is 7.86. The largest absolute Gasteiger partial charge is 0.378 e. The highest BCUT2D eigenvalue weighted by Gasteiger charge is 2.25. The molecule has 1 aromatic heterocycles. The summed E-state index contributed by atoms with van der Waals surface area (Å²) in [7, 11) is 2.17. The molecule has 1 heterocycles. The first-order valence-electron chi connectivity index (χ1n) is 7.86. The molecular weight excluding hydrogens is 266 g/mol. The Balaban J connectivity index is 1.57. The highest BCUT2D eigenvalue weighted by Crippen LogP contribution is 2.24. The molecule has 0 amide bonds. The van der Waals surface area contributed by atoms with Gasteiger partial charge in [0.2, 0.25) is 0 Å². The zero-order chi connectivity index (χ0) is 15.3. The number of rotatable bonds is 9. The van der Waals surface area contributed by atoms with Crippen molar-refractivity contribution in [2.75, 3.05) is 26.8 Å². The molecule has 6 nitrogen and oxygen atoms in total. The fourth-order valence-electron chi connectivity index (χ4n) is 2.05. The lowest BCUT2D eigenvalue weighted by molar-refractivity contribution is 0.101.